The first-order valence-electron chi connectivity index (χ1n) is 7.15. The zero-order chi connectivity index (χ0) is 16.6. The Balaban J connectivity index is 1.93. The lowest BCUT2D eigenvalue weighted by molar-refractivity contribution is 0.0985. The minimum Gasteiger partial charge on any atom is -0.349 e. The van der Waals surface area contributed by atoms with Crippen LogP contribution in [-0.2, 0) is 0 Å². The molecule has 2 aromatic rings. The molecule has 0 fully saturated rings. The van der Waals surface area contributed by atoms with Gasteiger partial charge in [-0.05, 0) is 6.92 Å². The fourth-order valence-electron chi connectivity index (χ4n) is 2.35. The van der Waals surface area contributed by atoms with Crippen molar-refractivity contribution in [2.24, 2.45) is 0 Å². The van der Waals surface area contributed by atoms with Crippen LogP contribution in [0, 0.1) is 6.92 Å². The van der Waals surface area contributed by atoms with E-state index in [0.29, 0.717) is 28.5 Å². The maximum Gasteiger partial charge on any atom is 0.225 e. The van der Waals surface area contributed by atoms with Gasteiger partial charge >= 0.3 is 0 Å². The Morgan fingerprint density at radius 3 is 2.43 bits per heavy atom. The quantitative estimate of drug-likeness (QED) is 0.937. The summed E-state index contributed by atoms with van der Waals surface area (Å²) in [5.74, 6) is 0.181. The second-order valence-electron chi connectivity index (χ2n) is 5.49. The second-order valence-corrected chi connectivity index (χ2v) is 5.49. The maximum absolute atomic E-state index is 12.5. The van der Waals surface area contributed by atoms with E-state index >= 15 is 0 Å². The van der Waals surface area contributed by atoms with Crippen LogP contribution in [0.1, 0.15) is 26.4 Å². The van der Waals surface area contributed by atoms with E-state index < -0.39 is 0 Å². The molecule has 6 heteroatoms. The Morgan fingerprint density at radius 2 is 1.78 bits per heavy atom. The molecule has 1 aliphatic rings. The number of hydrogen-bond donors (Lipinski definition) is 1. The average molecular weight is 308 g/mol. The predicted molar refractivity (Wildman–Crippen MR) is 87.9 cm³/mol. The number of Topliss-reactive ketones (excluding diaryl/α,β-unsaturated/α-hetero) is 1. The molecule has 0 unspecified atom stereocenters. The van der Waals surface area contributed by atoms with E-state index in [2.05, 4.69) is 15.3 Å². The molecule has 1 aromatic heterocycles. The molecule has 1 aromatic carbocycles. The van der Waals surface area contributed by atoms with Crippen molar-refractivity contribution in [1.29, 1.82) is 0 Å². The number of ketones is 2. The molecule has 6 nitrogen and oxygen atoms in total. The summed E-state index contributed by atoms with van der Waals surface area (Å²) in [5, 5.41) is 2.98. The van der Waals surface area contributed by atoms with E-state index in [1.807, 2.05) is 21.0 Å². The third-order valence-electron chi connectivity index (χ3n) is 3.59. The van der Waals surface area contributed by atoms with Crippen molar-refractivity contribution in [2.45, 2.75) is 6.92 Å². The van der Waals surface area contributed by atoms with Gasteiger partial charge in [-0.15, -0.1) is 0 Å². The number of aromatic nitrogens is 2. The van der Waals surface area contributed by atoms with Gasteiger partial charge in [0.2, 0.25) is 11.7 Å². The first-order chi connectivity index (χ1) is 11.0. The van der Waals surface area contributed by atoms with E-state index in [1.165, 1.54) is 6.08 Å². The van der Waals surface area contributed by atoms with Crippen molar-refractivity contribution in [2.75, 3.05) is 24.3 Å². The standard InChI is InChI=1S/C17H16N4O2/c1-10-14(9-18-17(19-10)21(2)3)20-13-8-15(22)11-6-4-5-7-12(11)16(13)23/h4-9,20H,1-3H3. The van der Waals surface area contributed by atoms with Gasteiger partial charge in [-0.1, -0.05) is 24.3 Å². The van der Waals surface area contributed by atoms with Crippen molar-refractivity contribution < 1.29 is 9.59 Å². The normalized spacial score (nSPS) is 13.4. The molecule has 23 heavy (non-hydrogen) atoms. The summed E-state index contributed by atoms with van der Waals surface area (Å²) in [7, 11) is 3.70. The van der Waals surface area contributed by atoms with Crippen molar-refractivity contribution >= 4 is 23.2 Å². The summed E-state index contributed by atoms with van der Waals surface area (Å²) in [6.07, 6.45) is 2.93. The highest BCUT2D eigenvalue weighted by Crippen LogP contribution is 2.23. The lowest BCUT2D eigenvalue weighted by atomic mass is 9.92. The maximum atomic E-state index is 12.5. The highest BCUT2D eigenvalue weighted by molar-refractivity contribution is 6.25. The van der Waals surface area contributed by atoms with Crippen molar-refractivity contribution in [3.63, 3.8) is 0 Å². The van der Waals surface area contributed by atoms with Crippen molar-refractivity contribution in [3.8, 4) is 0 Å². The number of fused-ring (bicyclic) bond motifs is 1. The van der Waals surface area contributed by atoms with Crippen LogP contribution >= 0.6 is 0 Å². The number of hydrogen-bond acceptors (Lipinski definition) is 6. The molecular formula is C17H16N4O2. The summed E-state index contributed by atoms with van der Waals surface area (Å²) in [6, 6.07) is 6.80. The number of carbonyl (C=O) groups is 2. The van der Waals surface area contributed by atoms with Gasteiger partial charge in [0.25, 0.3) is 0 Å². The lowest BCUT2D eigenvalue weighted by Gasteiger charge is -2.18. The third kappa shape index (κ3) is 2.70. The van der Waals surface area contributed by atoms with E-state index in [4.69, 9.17) is 0 Å². The molecule has 0 amide bonds. The summed E-state index contributed by atoms with van der Waals surface area (Å²) < 4.78 is 0. The van der Waals surface area contributed by atoms with Crippen LogP contribution in [0.25, 0.3) is 0 Å². The number of benzene rings is 1. The second kappa shape index (κ2) is 5.64. The highest BCUT2D eigenvalue weighted by atomic mass is 16.1. The van der Waals surface area contributed by atoms with Crippen LogP contribution < -0.4 is 10.2 Å². The molecule has 3 rings (SSSR count). The number of carbonyl (C=O) groups excluding carboxylic acids is 2. The predicted octanol–water partition coefficient (Wildman–Crippen LogP) is 2.23. The SMILES string of the molecule is Cc1nc(N(C)C)ncc1NC1=CC(=O)c2ccccc2C1=O. The first-order valence-corrected chi connectivity index (χ1v) is 7.15. The van der Waals surface area contributed by atoms with Crippen LogP contribution in [-0.4, -0.2) is 35.6 Å². The fourth-order valence-corrected chi connectivity index (χ4v) is 2.35. The molecule has 1 N–H and O–H groups in total. The molecule has 0 saturated carbocycles. The summed E-state index contributed by atoms with van der Waals surface area (Å²) >= 11 is 0. The number of nitrogens with zero attached hydrogens (tertiary/aromatic N) is 3. The number of rotatable bonds is 3. The molecule has 0 bridgehead atoms. The van der Waals surface area contributed by atoms with Crippen molar-refractivity contribution in [1.82, 2.24) is 9.97 Å². The Kier molecular flexibility index (Phi) is 3.65. The average Bonchev–Trinajstić information content (AvgIpc) is 2.54. The third-order valence-corrected chi connectivity index (χ3v) is 3.59. The molecule has 116 valence electrons. The topological polar surface area (TPSA) is 75.2 Å². The van der Waals surface area contributed by atoms with Gasteiger partial charge in [-0.3, -0.25) is 9.59 Å². The van der Waals surface area contributed by atoms with Gasteiger partial charge < -0.3 is 10.2 Å². The molecule has 0 spiro atoms. The van der Waals surface area contributed by atoms with E-state index in [9.17, 15) is 9.59 Å². The Labute approximate surface area is 133 Å². The summed E-state index contributed by atoms with van der Waals surface area (Å²) in [4.78, 5) is 35.0. The smallest absolute Gasteiger partial charge is 0.225 e. The largest absolute Gasteiger partial charge is 0.349 e. The number of aryl methyl sites for hydroxylation is 1. The molecular weight excluding hydrogens is 292 g/mol. The van der Waals surface area contributed by atoms with Crippen LogP contribution in [0.2, 0.25) is 0 Å². The monoisotopic (exact) mass is 308 g/mol. The molecule has 1 aliphatic carbocycles. The lowest BCUT2D eigenvalue weighted by Crippen LogP contribution is -2.22. The van der Waals surface area contributed by atoms with Gasteiger partial charge in [0.1, 0.15) is 0 Å². The van der Waals surface area contributed by atoms with E-state index in [-0.39, 0.29) is 17.3 Å². The van der Waals surface area contributed by atoms with Gasteiger partial charge in [-0.2, -0.15) is 0 Å². The van der Waals surface area contributed by atoms with Gasteiger partial charge in [0.15, 0.2) is 5.78 Å². The first kappa shape index (κ1) is 14.9. The van der Waals surface area contributed by atoms with Gasteiger partial charge in [-0.25, -0.2) is 9.97 Å². The number of nitrogens with one attached hydrogen (secondary N) is 1. The van der Waals surface area contributed by atoms with Crippen LogP contribution in [0.15, 0.2) is 42.2 Å². The minimum atomic E-state index is -0.212. The van der Waals surface area contributed by atoms with Gasteiger partial charge in [0, 0.05) is 31.3 Å². The molecule has 1 heterocycles. The Bertz CT molecular complexity index is 840. The molecule has 0 saturated heterocycles. The zero-order valence-electron chi connectivity index (χ0n) is 13.1. The highest BCUT2D eigenvalue weighted by Gasteiger charge is 2.25. The number of anilines is 2. The summed E-state index contributed by atoms with van der Waals surface area (Å²) in [5.41, 5.74) is 2.37. The van der Waals surface area contributed by atoms with Crippen molar-refractivity contribution in [3.05, 3.63) is 59.1 Å². The van der Waals surface area contributed by atoms with Crippen LogP contribution in [0.3, 0.4) is 0 Å². The number of allylic oxidation sites excluding steroid dienone is 2. The molecule has 0 radical (unpaired) electrons. The van der Waals surface area contributed by atoms with E-state index in [1.54, 1.807) is 35.4 Å². The van der Waals surface area contributed by atoms with Crippen LogP contribution in [0.4, 0.5) is 11.6 Å². The summed E-state index contributed by atoms with van der Waals surface area (Å²) in [6.45, 7) is 1.82. The van der Waals surface area contributed by atoms with Crippen LogP contribution in [0.5, 0.6) is 0 Å². The molecule has 0 atom stereocenters. The van der Waals surface area contributed by atoms with Gasteiger partial charge in [0.05, 0.1) is 23.3 Å². The molecule has 0 aliphatic heterocycles. The van der Waals surface area contributed by atoms with E-state index in [0.717, 1.165) is 0 Å². The zero-order valence-corrected chi connectivity index (χ0v) is 13.1. The Hall–Kier alpha value is -3.02. The minimum absolute atomic E-state index is 0.189. The fraction of sp³-hybridized carbons (Fsp3) is 0.176. The Morgan fingerprint density at radius 1 is 1.09 bits per heavy atom.